The molecule has 2 aromatic carbocycles. The van der Waals surface area contributed by atoms with Crippen molar-refractivity contribution in [2.24, 2.45) is 0 Å². The molecule has 9 heteroatoms. The maximum atomic E-state index is 14.1. The van der Waals surface area contributed by atoms with Crippen LogP contribution in [-0.4, -0.2) is 41.6 Å². The van der Waals surface area contributed by atoms with Crippen LogP contribution in [0.25, 0.3) is 10.9 Å². The number of alkyl halides is 2. The predicted octanol–water partition coefficient (Wildman–Crippen LogP) is 6.87. The molecule has 1 aromatic heterocycles. The van der Waals surface area contributed by atoms with Gasteiger partial charge in [0.15, 0.2) is 0 Å². The molecule has 4 rings (SSSR count). The van der Waals surface area contributed by atoms with Crippen molar-refractivity contribution in [2.45, 2.75) is 70.9 Å². The van der Waals surface area contributed by atoms with Crippen LogP contribution in [0.4, 0.5) is 25.1 Å². The zero-order chi connectivity index (χ0) is 28.4. The van der Waals surface area contributed by atoms with Gasteiger partial charge in [0.1, 0.15) is 11.4 Å². The molecule has 208 valence electrons. The van der Waals surface area contributed by atoms with Crippen molar-refractivity contribution in [3.8, 4) is 0 Å². The van der Waals surface area contributed by atoms with Crippen LogP contribution in [0.2, 0.25) is 0 Å². The Morgan fingerprint density at radius 3 is 2.46 bits per heavy atom. The number of hydrogen-bond donors (Lipinski definition) is 2. The number of benzene rings is 2. The van der Waals surface area contributed by atoms with Crippen molar-refractivity contribution in [1.82, 2.24) is 10.3 Å². The van der Waals surface area contributed by atoms with Gasteiger partial charge in [-0.3, -0.25) is 4.79 Å². The SMILES string of the molecule is CC(C)(C)OC(=O)NC(C)(C)c1cccc(NC(=O)c2cc3ccccc3nc2N2CCCC(F)(F)CC2)c1. The first-order valence-electron chi connectivity index (χ1n) is 13.2. The van der Waals surface area contributed by atoms with E-state index in [4.69, 9.17) is 9.72 Å². The van der Waals surface area contributed by atoms with Gasteiger partial charge in [0.05, 0.1) is 16.6 Å². The molecule has 0 radical (unpaired) electrons. The van der Waals surface area contributed by atoms with Gasteiger partial charge < -0.3 is 20.3 Å². The normalized spacial score (nSPS) is 15.9. The van der Waals surface area contributed by atoms with E-state index in [2.05, 4.69) is 10.6 Å². The highest BCUT2D eigenvalue weighted by molar-refractivity contribution is 6.09. The molecule has 0 saturated carbocycles. The number of amides is 2. The number of halogens is 2. The lowest BCUT2D eigenvalue weighted by molar-refractivity contribution is -0.0102. The number of ether oxygens (including phenoxy) is 1. The molecule has 1 aliphatic rings. The molecular weight excluding hydrogens is 502 g/mol. The van der Waals surface area contributed by atoms with E-state index in [1.165, 1.54) is 0 Å². The lowest BCUT2D eigenvalue weighted by Crippen LogP contribution is -2.43. The van der Waals surface area contributed by atoms with E-state index in [1.807, 2.05) is 44.2 Å². The summed E-state index contributed by atoms with van der Waals surface area (Å²) < 4.78 is 33.6. The van der Waals surface area contributed by atoms with Gasteiger partial charge in [-0.25, -0.2) is 18.6 Å². The van der Waals surface area contributed by atoms with Crippen LogP contribution in [0.3, 0.4) is 0 Å². The fourth-order valence-electron chi connectivity index (χ4n) is 4.60. The average Bonchev–Trinajstić information content (AvgIpc) is 3.02. The van der Waals surface area contributed by atoms with Gasteiger partial charge in [-0.15, -0.1) is 0 Å². The Morgan fingerprint density at radius 2 is 1.72 bits per heavy atom. The second kappa shape index (κ2) is 10.8. The third kappa shape index (κ3) is 7.22. The Labute approximate surface area is 227 Å². The molecule has 1 aliphatic heterocycles. The van der Waals surface area contributed by atoms with Gasteiger partial charge in [0, 0.05) is 37.0 Å². The van der Waals surface area contributed by atoms with E-state index in [1.54, 1.807) is 49.9 Å². The third-order valence-corrected chi connectivity index (χ3v) is 6.62. The lowest BCUT2D eigenvalue weighted by Gasteiger charge is -2.29. The average molecular weight is 539 g/mol. The molecule has 1 fully saturated rings. The minimum absolute atomic E-state index is 0.110. The maximum Gasteiger partial charge on any atom is 0.408 e. The van der Waals surface area contributed by atoms with E-state index in [0.717, 1.165) is 10.9 Å². The number of rotatable bonds is 5. The molecule has 2 heterocycles. The fraction of sp³-hybridized carbons (Fsp3) is 0.433. The van der Waals surface area contributed by atoms with Crippen molar-refractivity contribution in [3.05, 3.63) is 65.7 Å². The molecule has 2 N–H and O–H groups in total. The number of carbonyl (C=O) groups is 2. The Balaban J connectivity index is 1.61. The highest BCUT2D eigenvalue weighted by Gasteiger charge is 2.33. The molecule has 0 unspecified atom stereocenters. The highest BCUT2D eigenvalue weighted by atomic mass is 19.3. The van der Waals surface area contributed by atoms with E-state index in [0.29, 0.717) is 35.6 Å². The second-order valence-corrected chi connectivity index (χ2v) is 11.5. The van der Waals surface area contributed by atoms with Crippen LogP contribution >= 0.6 is 0 Å². The number of fused-ring (bicyclic) bond motifs is 1. The number of para-hydroxylation sites is 1. The molecule has 7 nitrogen and oxygen atoms in total. The second-order valence-electron chi connectivity index (χ2n) is 11.5. The molecule has 0 bridgehead atoms. The molecule has 2 amide bonds. The zero-order valence-electron chi connectivity index (χ0n) is 23.1. The summed E-state index contributed by atoms with van der Waals surface area (Å²) in [7, 11) is 0. The van der Waals surface area contributed by atoms with E-state index >= 15 is 0 Å². The van der Waals surface area contributed by atoms with Crippen LogP contribution in [0.5, 0.6) is 0 Å². The summed E-state index contributed by atoms with van der Waals surface area (Å²) in [6, 6.07) is 16.4. The standard InChI is InChI=1S/C30H36F2N4O3/c1-28(2,3)39-27(38)35-29(4,5)21-11-8-12-22(19-21)33-26(37)23-18-20-10-6-7-13-24(20)34-25(23)36-16-9-14-30(31,32)15-17-36/h6-8,10-13,18-19H,9,14-17H2,1-5H3,(H,33,37)(H,35,38). The molecule has 1 saturated heterocycles. The number of anilines is 2. The summed E-state index contributed by atoms with van der Waals surface area (Å²) >= 11 is 0. The van der Waals surface area contributed by atoms with Crippen LogP contribution in [0.15, 0.2) is 54.6 Å². The van der Waals surface area contributed by atoms with Crippen LogP contribution < -0.4 is 15.5 Å². The van der Waals surface area contributed by atoms with Crippen molar-refractivity contribution in [2.75, 3.05) is 23.3 Å². The smallest absolute Gasteiger partial charge is 0.408 e. The molecule has 0 spiro atoms. The van der Waals surface area contributed by atoms with E-state index < -0.39 is 29.1 Å². The Kier molecular flexibility index (Phi) is 7.82. The number of aromatic nitrogens is 1. The van der Waals surface area contributed by atoms with Crippen molar-refractivity contribution < 1.29 is 23.1 Å². The molecule has 0 atom stereocenters. The Hall–Kier alpha value is -3.75. The summed E-state index contributed by atoms with van der Waals surface area (Å²) in [5, 5.41) is 6.60. The predicted molar refractivity (Wildman–Crippen MR) is 150 cm³/mol. The Morgan fingerprint density at radius 1 is 0.974 bits per heavy atom. The summed E-state index contributed by atoms with van der Waals surface area (Å²) in [6.45, 7) is 9.57. The summed E-state index contributed by atoms with van der Waals surface area (Å²) in [6.07, 6.45) is -0.704. The first kappa shape index (κ1) is 28.3. The quantitative estimate of drug-likeness (QED) is 0.370. The monoisotopic (exact) mass is 538 g/mol. The lowest BCUT2D eigenvalue weighted by atomic mass is 9.94. The highest BCUT2D eigenvalue weighted by Crippen LogP contribution is 2.32. The summed E-state index contributed by atoms with van der Waals surface area (Å²) in [5.74, 6) is -2.73. The summed E-state index contributed by atoms with van der Waals surface area (Å²) in [5.41, 5.74) is 0.879. The van der Waals surface area contributed by atoms with Gasteiger partial charge in [0.25, 0.3) is 5.91 Å². The van der Waals surface area contributed by atoms with Crippen molar-refractivity contribution >= 4 is 34.4 Å². The minimum atomic E-state index is -2.73. The largest absolute Gasteiger partial charge is 0.444 e. The number of nitrogens with one attached hydrogen (secondary N) is 2. The van der Waals surface area contributed by atoms with Gasteiger partial charge in [0.2, 0.25) is 5.92 Å². The number of carbonyl (C=O) groups excluding carboxylic acids is 2. The topological polar surface area (TPSA) is 83.6 Å². The molecule has 3 aromatic rings. The molecular formula is C30H36F2N4O3. The van der Waals surface area contributed by atoms with Gasteiger partial charge >= 0.3 is 6.09 Å². The maximum absolute atomic E-state index is 14.1. The van der Waals surface area contributed by atoms with Gasteiger partial charge in [-0.2, -0.15) is 0 Å². The van der Waals surface area contributed by atoms with Gasteiger partial charge in [-0.1, -0.05) is 30.3 Å². The number of hydrogen-bond acceptors (Lipinski definition) is 5. The van der Waals surface area contributed by atoms with E-state index in [-0.39, 0.29) is 19.4 Å². The third-order valence-electron chi connectivity index (χ3n) is 6.62. The zero-order valence-corrected chi connectivity index (χ0v) is 23.1. The van der Waals surface area contributed by atoms with E-state index in [9.17, 15) is 18.4 Å². The van der Waals surface area contributed by atoms with Crippen LogP contribution in [0, 0.1) is 0 Å². The number of pyridine rings is 1. The minimum Gasteiger partial charge on any atom is -0.444 e. The van der Waals surface area contributed by atoms with Crippen LogP contribution in [-0.2, 0) is 10.3 Å². The van der Waals surface area contributed by atoms with Gasteiger partial charge in [-0.05, 0) is 70.9 Å². The Bertz CT molecular complexity index is 1370. The fourth-order valence-corrected chi connectivity index (χ4v) is 4.60. The number of nitrogens with zero attached hydrogens (tertiary/aromatic N) is 2. The van der Waals surface area contributed by atoms with Crippen molar-refractivity contribution in [1.29, 1.82) is 0 Å². The van der Waals surface area contributed by atoms with Crippen LogP contribution in [0.1, 0.15) is 69.8 Å². The molecule has 39 heavy (non-hydrogen) atoms. The first-order valence-corrected chi connectivity index (χ1v) is 13.2. The first-order chi connectivity index (χ1) is 18.2. The van der Waals surface area contributed by atoms with Crippen molar-refractivity contribution in [3.63, 3.8) is 0 Å². The molecule has 0 aliphatic carbocycles. The number of alkyl carbamates (subject to hydrolysis) is 1. The summed E-state index contributed by atoms with van der Waals surface area (Å²) in [4.78, 5) is 32.5.